The lowest BCUT2D eigenvalue weighted by Gasteiger charge is -2.42. The quantitative estimate of drug-likeness (QED) is 0.570. The van der Waals surface area contributed by atoms with Gasteiger partial charge in [-0.1, -0.05) is 70.2 Å². The van der Waals surface area contributed by atoms with Gasteiger partial charge < -0.3 is 9.31 Å². The maximum atomic E-state index is 6.07. The van der Waals surface area contributed by atoms with Crippen molar-refractivity contribution < 1.29 is 9.31 Å². The zero-order valence-corrected chi connectivity index (χ0v) is 17.5. The molecule has 0 amide bonds. The van der Waals surface area contributed by atoms with Crippen molar-refractivity contribution in [2.75, 3.05) is 0 Å². The molecular weight excluding hydrogens is 287 g/mol. The smallest absolute Gasteiger partial charge is 0.400 e. The molecule has 1 rings (SSSR count). The molecule has 0 radical (unpaired) electrons. The fourth-order valence-electron chi connectivity index (χ4n) is 4.06. The van der Waals surface area contributed by atoms with E-state index in [2.05, 4.69) is 81.3 Å². The van der Waals surface area contributed by atoms with Crippen LogP contribution in [0.15, 0.2) is 12.1 Å². The van der Waals surface area contributed by atoms with Crippen molar-refractivity contribution in [3.05, 3.63) is 12.1 Å². The Kier molecular flexibility index (Phi) is 6.20. The Morgan fingerprint density at radius 3 is 1.50 bits per heavy atom. The number of hydrogen-bond acceptors (Lipinski definition) is 2. The average molecular weight is 324 g/mol. The molecule has 2 nitrogen and oxygen atoms in total. The summed E-state index contributed by atoms with van der Waals surface area (Å²) < 4.78 is 12.1. The van der Waals surface area contributed by atoms with Gasteiger partial charge in [0.2, 0.25) is 0 Å². The second kappa shape index (κ2) is 6.82. The summed E-state index contributed by atoms with van der Waals surface area (Å²) in [6.07, 6.45) is 2.34. The van der Waals surface area contributed by atoms with Crippen molar-refractivity contribution >= 4 is 15.2 Å². The van der Waals surface area contributed by atoms with Crippen LogP contribution in [-0.4, -0.2) is 26.4 Å². The summed E-state index contributed by atoms with van der Waals surface area (Å²) in [5.41, 5.74) is 1.87. The molecule has 0 unspecified atom stereocenters. The van der Waals surface area contributed by atoms with Gasteiger partial charge in [0.15, 0.2) is 0 Å². The van der Waals surface area contributed by atoms with Crippen molar-refractivity contribution in [2.45, 2.75) is 103 Å². The van der Waals surface area contributed by atoms with Crippen LogP contribution in [0.5, 0.6) is 0 Å². The summed E-state index contributed by atoms with van der Waals surface area (Å²) in [5, 5.41) is 0. The number of rotatable bonds is 6. The summed E-state index contributed by atoms with van der Waals surface area (Å²) in [6, 6.07) is 1.21. The van der Waals surface area contributed by atoms with E-state index in [1.807, 2.05) is 0 Å². The molecule has 1 fully saturated rings. The molecule has 0 aromatic heterocycles. The molecule has 1 heterocycles. The lowest BCUT2D eigenvalue weighted by molar-refractivity contribution is 0.00578. The van der Waals surface area contributed by atoms with Gasteiger partial charge in [-0.3, -0.25) is 0 Å². The van der Waals surface area contributed by atoms with Crippen LogP contribution >= 0.6 is 0 Å². The third kappa shape index (κ3) is 3.71. The molecular formula is C18H37BO2Si. The van der Waals surface area contributed by atoms with Gasteiger partial charge in [-0.05, 0) is 33.7 Å². The van der Waals surface area contributed by atoms with Crippen LogP contribution in [-0.2, 0) is 9.31 Å². The molecule has 0 saturated carbocycles. The zero-order chi connectivity index (χ0) is 17.3. The van der Waals surface area contributed by atoms with Gasteiger partial charge in [-0.25, -0.2) is 0 Å². The van der Waals surface area contributed by atoms with Crippen LogP contribution in [0.1, 0.15) is 69.2 Å². The molecule has 0 aromatic carbocycles. The van der Waals surface area contributed by atoms with Crippen molar-refractivity contribution in [1.82, 2.24) is 0 Å². The van der Waals surface area contributed by atoms with E-state index in [-0.39, 0.29) is 18.3 Å². The van der Waals surface area contributed by atoms with Crippen LogP contribution in [0.4, 0.5) is 0 Å². The molecule has 0 aliphatic carbocycles. The SMILES string of the molecule is CC(C)[Si](C/C=C\B1OC(C)(C)C(C)(C)O1)(C(C)C)C(C)C. The first-order valence-electron chi connectivity index (χ1n) is 8.89. The first-order chi connectivity index (χ1) is 9.87. The highest BCUT2D eigenvalue weighted by atomic mass is 28.3. The van der Waals surface area contributed by atoms with E-state index in [1.165, 1.54) is 6.04 Å². The molecule has 22 heavy (non-hydrogen) atoms. The Labute approximate surface area is 140 Å². The first-order valence-corrected chi connectivity index (χ1v) is 11.3. The Hall–Kier alpha value is -0.0582. The highest BCUT2D eigenvalue weighted by Crippen LogP contribution is 2.45. The highest BCUT2D eigenvalue weighted by Gasteiger charge is 2.50. The fourth-order valence-corrected chi connectivity index (χ4v) is 10.0. The standard InChI is InChI=1S/C18H37BO2Si/c1-14(2)22(15(3)4,16(5)6)13-11-12-19-20-17(7,8)18(9,10)21-19/h11-12,14-16H,13H2,1-10H3/b12-11-. The van der Waals surface area contributed by atoms with E-state index in [0.717, 1.165) is 16.6 Å². The summed E-state index contributed by atoms with van der Waals surface area (Å²) in [4.78, 5) is 0. The zero-order valence-electron chi connectivity index (χ0n) is 16.5. The second-order valence-electron chi connectivity index (χ2n) is 8.83. The van der Waals surface area contributed by atoms with Crippen molar-refractivity contribution in [1.29, 1.82) is 0 Å². The minimum absolute atomic E-state index is 0.205. The maximum absolute atomic E-state index is 6.07. The van der Waals surface area contributed by atoms with E-state index >= 15 is 0 Å². The van der Waals surface area contributed by atoms with Gasteiger partial charge in [0, 0.05) is 0 Å². The van der Waals surface area contributed by atoms with Crippen LogP contribution < -0.4 is 0 Å². The molecule has 0 N–H and O–H groups in total. The Balaban J connectivity index is 2.83. The molecule has 1 aliphatic heterocycles. The van der Waals surface area contributed by atoms with Crippen LogP contribution in [0.3, 0.4) is 0 Å². The van der Waals surface area contributed by atoms with Crippen LogP contribution in [0.2, 0.25) is 22.7 Å². The summed E-state index contributed by atoms with van der Waals surface area (Å²) in [6.45, 7) is 22.9. The molecule has 1 aliphatic rings. The lowest BCUT2D eigenvalue weighted by Crippen LogP contribution is -2.43. The molecule has 4 heteroatoms. The number of hydrogen-bond donors (Lipinski definition) is 0. The molecule has 128 valence electrons. The summed E-state index contributed by atoms with van der Waals surface area (Å²) in [5.74, 6) is 2.14. The third-order valence-corrected chi connectivity index (χ3v) is 13.7. The van der Waals surface area contributed by atoms with Gasteiger partial charge in [0.1, 0.15) is 0 Å². The largest absolute Gasteiger partial charge is 0.486 e. The summed E-state index contributed by atoms with van der Waals surface area (Å²) in [7, 11) is -1.57. The van der Waals surface area contributed by atoms with Crippen LogP contribution in [0, 0.1) is 0 Å². The third-order valence-electron chi connectivity index (χ3n) is 6.26. The van der Waals surface area contributed by atoms with E-state index in [4.69, 9.17) is 9.31 Å². The minimum Gasteiger partial charge on any atom is -0.400 e. The van der Waals surface area contributed by atoms with Crippen molar-refractivity contribution in [3.8, 4) is 0 Å². The van der Waals surface area contributed by atoms with Gasteiger partial charge in [0.05, 0.1) is 19.3 Å². The van der Waals surface area contributed by atoms with E-state index in [9.17, 15) is 0 Å². The van der Waals surface area contributed by atoms with Gasteiger partial charge >= 0.3 is 7.12 Å². The minimum atomic E-state index is -1.37. The molecule has 0 spiro atoms. The Morgan fingerprint density at radius 2 is 1.18 bits per heavy atom. The maximum Gasteiger partial charge on any atom is 0.486 e. The molecule has 1 saturated heterocycles. The first kappa shape index (κ1) is 20.0. The summed E-state index contributed by atoms with van der Waals surface area (Å²) >= 11 is 0. The Bertz CT molecular complexity index is 362. The number of allylic oxidation sites excluding steroid dienone is 1. The Morgan fingerprint density at radius 1 is 0.818 bits per heavy atom. The van der Waals surface area contributed by atoms with Crippen molar-refractivity contribution in [3.63, 3.8) is 0 Å². The highest BCUT2D eigenvalue weighted by molar-refractivity contribution is 6.83. The average Bonchev–Trinajstić information content (AvgIpc) is 2.51. The van der Waals surface area contributed by atoms with E-state index in [1.54, 1.807) is 0 Å². The monoisotopic (exact) mass is 324 g/mol. The van der Waals surface area contributed by atoms with Crippen LogP contribution in [0.25, 0.3) is 0 Å². The predicted octanol–water partition coefficient (Wildman–Crippen LogP) is 5.85. The topological polar surface area (TPSA) is 18.5 Å². The van der Waals surface area contributed by atoms with Crippen molar-refractivity contribution in [2.24, 2.45) is 0 Å². The van der Waals surface area contributed by atoms with Gasteiger partial charge in [-0.2, -0.15) is 0 Å². The fraction of sp³-hybridized carbons (Fsp3) is 0.889. The normalized spacial score (nSPS) is 21.8. The van der Waals surface area contributed by atoms with Gasteiger partial charge in [0.25, 0.3) is 0 Å². The van der Waals surface area contributed by atoms with E-state index < -0.39 is 8.07 Å². The van der Waals surface area contributed by atoms with Gasteiger partial charge in [-0.15, -0.1) is 0 Å². The predicted molar refractivity (Wildman–Crippen MR) is 101 cm³/mol. The molecule has 0 aromatic rings. The molecule has 0 bridgehead atoms. The molecule has 0 atom stereocenters. The van der Waals surface area contributed by atoms with E-state index in [0.29, 0.717) is 0 Å². The lowest BCUT2D eigenvalue weighted by atomic mass is 9.90. The second-order valence-corrected chi connectivity index (χ2v) is 14.9.